The number of allylic oxidation sites excluding steroid dienone is 1. The molecule has 0 saturated heterocycles. The van der Waals surface area contributed by atoms with Gasteiger partial charge in [-0.15, -0.1) is 0 Å². The molecule has 4 nitrogen and oxygen atoms in total. The number of hydrogen-bond acceptors (Lipinski definition) is 4. The maximum absolute atomic E-state index is 11.6. The quantitative estimate of drug-likeness (QED) is 0.209. The lowest BCUT2D eigenvalue weighted by molar-refractivity contribution is -0.139. The summed E-state index contributed by atoms with van der Waals surface area (Å²) in [5.74, 6) is -1.06. The predicted molar refractivity (Wildman–Crippen MR) is 107 cm³/mol. The van der Waals surface area contributed by atoms with E-state index in [2.05, 4.69) is 11.7 Å². The maximum atomic E-state index is 11.6. The minimum absolute atomic E-state index is 0.0685. The molecule has 0 rings (SSSR count). The van der Waals surface area contributed by atoms with E-state index in [1.54, 1.807) is 6.08 Å². The molecule has 0 amide bonds. The predicted octanol–water partition coefficient (Wildman–Crippen LogP) is 5.52. The Bertz CT molecular complexity index is 401. The summed E-state index contributed by atoms with van der Waals surface area (Å²) < 4.78 is 4.63. The lowest BCUT2D eigenvalue weighted by atomic mass is 10.0. The zero-order chi connectivity index (χ0) is 19.6. The molecule has 152 valence electrons. The van der Waals surface area contributed by atoms with Crippen LogP contribution in [0.25, 0.3) is 0 Å². The van der Waals surface area contributed by atoms with Crippen LogP contribution in [0.4, 0.5) is 0 Å². The summed E-state index contributed by atoms with van der Waals surface area (Å²) >= 11 is 0. The third kappa shape index (κ3) is 13.1. The second kappa shape index (κ2) is 17.3. The number of methoxy groups -OCH3 is 1. The van der Waals surface area contributed by atoms with Gasteiger partial charge in [-0.2, -0.15) is 0 Å². The minimum Gasteiger partial charge on any atom is -0.466 e. The molecule has 0 bridgehead atoms. The standard InChI is InChI=1S/C22H40O4/c1-4-5-6-7-8-9-10-11-12-13-14-15-16-17-18-20(22(25)26-3)21(24)19(2)23/h18,21,24H,4-17H2,1-3H3. The number of rotatable bonds is 17. The third-order valence-corrected chi connectivity index (χ3v) is 4.77. The summed E-state index contributed by atoms with van der Waals surface area (Å²) in [6, 6.07) is 0. The van der Waals surface area contributed by atoms with Crippen molar-refractivity contribution < 1.29 is 19.4 Å². The largest absolute Gasteiger partial charge is 0.466 e. The Balaban J connectivity index is 3.66. The van der Waals surface area contributed by atoms with Gasteiger partial charge in [-0.1, -0.05) is 90.0 Å². The van der Waals surface area contributed by atoms with Gasteiger partial charge in [0.05, 0.1) is 12.7 Å². The van der Waals surface area contributed by atoms with E-state index in [0.717, 1.165) is 12.8 Å². The van der Waals surface area contributed by atoms with Crippen LogP contribution in [0.3, 0.4) is 0 Å². The van der Waals surface area contributed by atoms with Crippen LogP contribution in [0.2, 0.25) is 0 Å². The van der Waals surface area contributed by atoms with Gasteiger partial charge in [-0.3, -0.25) is 4.79 Å². The van der Waals surface area contributed by atoms with Gasteiger partial charge in [0.25, 0.3) is 0 Å². The average molecular weight is 369 g/mol. The SMILES string of the molecule is CCCCCCCCCCCCCCCC=C(C(=O)OC)C(O)C(C)=O. The lowest BCUT2D eigenvalue weighted by Gasteiger charge is -2.10. The fourth-order valence-electron chi connectivity index (χ4n) is 3.06. The average Bonchev–Trinajstić information content (AvgIpc) is 2.63. The Labute approximate surface area is 160 Å². The van der Waals surface area contributed by atoms with Crippen LogP contribution in [0.5, 0.6) is 0 Å². The highest BCUT2D eigenvalue weighted by molar-refractivity contribution is 5.98. The first-order chi connectivity index (χ1) is 12.5. The Morgan fingerprint density at radius 2 is 1.27 bits per heavy atom. The molecule has 0 saturated carbocycles. The number of hydrogen-bond donors (Lipinski definition) is 1. The monoisotopic (exact) mass is 368 g/mol. The van der Waals surface area contributed by atoms with Gasteiger partial charge in [-0.05, 0) is 19.8 Å². The van der Waals surface area contributed by atoms with Gasteiger partial charge in [0, 0.05) is 0 Å². The summed E-state index contributed by atoms with van der Waals surface area (Å²) in [6.45, 7) is 3.52. The number of aliphatic hydroxyl groups is 1. The molecule has 0 aliphatic carbocycles. The Morgan fingerprint density at radius 1 is 0.846 bits per heavy atom. The van der Waals surface area contributed by atoms with Crippen molar-refractivity contribution in [3.8, 4) is 0 Å². The van der Waals surface area contributed by atoms with Crippen molar-refractivity contribution >= 4 is 11.8 Å². The topological polar surface area (TPSA) is 63.6 Å². The van der Waals surface area contributed by atoms with Crippen molar-refractivity contribution in [3.05, 3.63) is 11.6 Å². The van der Waals surface area contributed by atoms with Gasteiger partial charge in [0.2, 0.25) is 0 Å². The first-order valence-corrected chi connectivity index (χ1v) is 10.5. The second-order valence-corrected chi connectivity index (χ2v) is 7.20. The van der Waals surface area contributed by atoms with Crippen LogP contribution >= 0.6 is 0 Å². The molecule has 1 unspecified atom stereocenters. The molecular formula is C22H40O4. The van der Waals surface area contributed by atoms with Crippen molar-refractivity contribution in [1.82, 2.24) is 0 Å². The van der Waals surface area contributed by atoms with Gasteiger partial charge >= 0.3 is 5.97 Å². The van der Waals surface area contributed by atoms with E-state index in [1.807, 2.05) is 0 Å². The molecule has 0 aliphatic heterocycles. The first-order valence-electron chi connectivity index (χ1n) is 10.5. The van der Waals surface area contributed by atoms with Crippen LogP contribution in [-0.4, -0.2) is 30.1 Å². The molecule has 0 aromatic heterocycles. The van der Waals surface area contributed by atoms with Crippen molar-refractivity contribution in [3.63, 3.8) is 0 Å². The maximum Gasteiger partial charge on any atom is 0.336 e. The molecule has 0 radical (unpaired) electrons. The molecule has 1 atom stereocenters. The zero-order valence-electron chi connectivity index (χ0n) is 17.2. The van der Waals surface area contributed by atoms with Crippen molar-refractivity contribution in [1.29, 1.82) is 0 Å². The smallest absolute Gasteiger partial charge is 0.336 e. The van der Waals surface area contributed by atoms with Crippen LogP contribution < -0.4 is 0 Å². The van der Waals surface area contributed by atoms with Crippen LogP contribution in [0.1, 0.15) is 104 Å². The minimum atomic E-state index is -1.37. The van der Waals surface area contributed by atoms with Crippen molar-refractivity contribution in [2.24, 2.45) is 0 Å². The molecule has 0 aromatic rings. The van der Waals surface area contributed by atoms with E-state index in [1.165, 1.54) is 84.7 Å². The Hall–Kier alpha value is -1.16. The Morgan fingerprint density at radius 3 is 1.65 bits per heavy atom. The fraction of sp³-hybridized carbons (Fsp3) is 0.818. The summed E-state index contributed by atoms with van der Waals surface area (Å²) in [4.78, 5) is 22.9. The Kier molecular flexibility index (Phi) is 16.5. The van der Waals surface area contributed by atoms with Gasteiger partial charge in [0.15, 0.2) is 5.78 Å². The number of Topliss-reactive ketones (excluding diaryl/α,β-unsaturated/α-hetero) is 1. The van der Waals surface area contributed by atoms with Gasteiger partial charge in [-0.25, -0.2) is 4.79 Å². The van der Waals surface area contributed by atoms with Gasteiger partial charge < -0.3 is 9.84 Å². The fourth-order valence-corrected chi connectivity index (χ4v) is 3.06. The highest BCUT2D eigenvalue weighted by Gasteiger charge is 2.22. The number of unbranched alkanes of at least 4 members (excludes halogenated alkanes) is 13. The number of carbonyl (C=O) groups excluding carboxylic acids is 2. The highest BCUT2D eigenvalue weighted by atomic mass is 16.5. The number of ketones is 1. The van der Waals surface area contributed by atoms with Crippen LogP contribution in [0.15, 0.2) is 11.6 Å². The van der Waals surface area contributed by atoms with E-state index in [0.29, 0.717) is 6.42 Å². The normalized spacial score (nSPS) is 12.8. The molecule has 0 fully saturated rings. The van der Waals surface area contributed by atoms with E-state index < -0.39 is 17.9 Å². The van der Waals surface area contributed by atoms with Crippen molar-refractivity contribution in [2.45, 2.75) is 110 Å². The molecule has 0 spiro atoms. The summed E-state index contributed by atoms with van der Waals surface area (Å²) in [6.07, 6.45) is 17.8. The zero-order valence-corrected chi connectivity index (χ0v) is 17.2. The number of ether oxygens (including phenoxy) is 1. The molecule has 26 heavy (non-hydrogen) atoms. The van der Waals surface area contributed by atoms with E-state index in [9.17, 15) is 14.7 Å². The van der Waals surface area contributed by atoms with E-state index in [4.69, 9.17) is 0 Å². The highest BCUT2D eigenvalue weighted by Crippen LogP contribution is 2.14. The van der Waals surface area contributed by atoms with Crippen LogP contribution in [0, 0.1) is 0 Å². The van der Waals surface area contributed by atoms with Gasteiger partial charge in [0.1, 0.15) is 6.10 Å². The molecule has 4 heteroatoms. The molecule has 1 N–H and O–H groups in total. The van der Waals surface area contributed by atoms with Crippen LogP contribution in [-0.2, 0) is 14.3 Å². The molecular weight excluding hydrogens is 328 g/mol. The second-order valence-electron chi connectivity index (χ2n) is 7.20. The van der Waals surface area contributed by atoms with Crippen molar-refractivity contribution in [2.75, 3.05) is 7.11 Å². The molecule has 0 heterocycles. The third-order valence-electron chi connectivity index (χ3n) is 4.77. The first kappa shape index (κ1) is 24.8. The number of carbonyl (C=O) groups is 2. The summed E-state index contributed by atoms with van der Waals surface area (Å²) in [5, 5.41) is 9.77. The number of aliphatic hydroxyl groups excluding tert-OH is 1. The van der Waals surface area contributed by atoms with E-state index in [-0.39, 0.29) is 5.57 Å². The van der Waals surface area contributed by atoms with E-state index >= 15 is 0 Å². The molecule has 0 aliphatic rings. The molecule has 0 aromatic carbocycles. The number of esters is 1. The lowest BCUT2D eigenvalue weighted by Crippen LogP contribution is -2.25. The summed E-state index contributed by atoms with van der Waals surface area (Å²) in [7, 11) is 1.26. The summed E-state index contributed by atoms with van der Waals surface area (Å²) in [5.41, 5.74) is 0.0685.